The van der Waals surface area contributed by atoms with Crippen molar-refractivity contribution in [2.24, 2.45) is 0 Å². The predicted molar refractivity (Wildman–Crippen MR) is 56.8 cm³/mol. The van der Waals surface area contributed by atoms with Crippen molar-refractivity contribution in [3.63, 3.8) is 0 Å². The molecule has 0 aliphatic rings. The summed E-state index contributed by atoms with van der Waals surface area (Å²) in [5.41, 5.74) is 1.31. The minimum absolute atomic E-state index is 0.0515. The summed E-state index contributed by atoms with van der Waals surface area (Å²) in [5, 5.41) is 11.4. The molecule has 0 bridgehead atoms. The number of nitrogens with one attached hydrogen (secondary N) is 1. The molecule has 0 saturated carbocycles. The van der Waals surface area contributed by atoms with E-state index in [4.69, 9.17) is 11.6 Å². The van der Waals surface area contributed by atoms with Crippen LogP contribution in [-0.4, -0.2) is 16.4 Å². The summed E-state index contributed by atoms with van der Waals surface area (Å²) in [6.07, 6.45) is 0. The molecule has 2 N–H and O–H groups in total. The number of carbonyl (C=O) groups is 1. The molecule has 0 aliphatic heterocycles. The first-order valence-electron chi connectivity index (χ1n) is 4.25. The zero-order valence-corrected chi connectivity index (χ0v) is 8.80. The molecule has 1 aromatic rings. The lowest BCUT2D eigenvalue weighted by Gasteiger charge is -2.08. The highest BCUT2D eigenvalue weighted by Gasteiger charge is 2.11. The summed E-state index contributed by atoms with van der Waals surface area (Å²) >= 11 is 5.57. The van der Waals surface area contributed by atoms with Crippen molar-refractivity contribution >= 4 is 23.2 Å². The number of aryl methyl sites for hydroxylation is 1. The predicted octanol–water partition coefficient (Wildman–Crippen LogP) is 2.27. The van der Waals surface area contributed by atoms with Gasteiger partial charge in [0.1, 0.15) is 11.1 Å². The van der Waals surface area contributed by atoms with Gasteiger partial charge in [-0.25, -0.2) is 0 Å². The second-order valence-corrected chi connectivity index (χ2v) is 3.78. The number of aromatic hydroxyl groups is 1. The molecular formula is C10H12ClNO2. The minimum Gasteiger partial charge on any atom is -0.506 e. The van der Waals surface area contributed by atoms with Crippen LogP contribution in [0.1, 0.15) is 12.5 Å². The number of alkyl halides is 1. The van der Waals surface area contributed by atoms with Gasteiger partial charge in [0.2, 0.25) is 5.91 Å². The number of halogens is 1. The number of carbonyl (C=O) groups excluding carboxylic acids is 1. The van der Waals surface area contributed by atoms with Gasteiger partial charge in [0.25, 0.3) is 0 Å². The van der Waals surface area contributed by atoms with Crippen molar-refractivity contribution in [2.45, 2.75) is 19.2 Å². The topological polar surface area (TPSA) is 49.3 Å². The monoisotopic (exact) mass is 213 g/mol. The minimum atomic E-state index is -0.615. The van der Waals surface area contributed by atoms with Crippen molar-refractivity contribution in [2.75, 3.05) is 5.32 Å². The number of hydrogen-bond donors (Lipinski definition) is 2. The lowest BCUT2D eigenvalue weighted by Crippen LogP contribution is -2.20. The number of phenolic OH excluding ortho intramolecular Hbond substituents is 1. The molecule has 0 radical (unpaired) electrons. The number of hydrogen-bond acceptors (Lipinski definition) is 2. The lowest BCUT2D eigenvalue weighted by atomic mass is 10.2. The molecule has 0 fully saturated rings. The van der Waals surface area contributed by atoms with Crippen LogP contribution in [0.5, 0.6) is 5.75 Å². The van der Waals surface area contributed by atoms with E-state index in [0.717, 1.165) is 5.56 Å². The Hall–Kier alpha value is -1.22. The number of phenols is 1. The highest BCUT2D eigenvalue weighted by molar-refractivity contribution is 6.32. The Morgan fingerprint density at radius 2 is 2.21 bits per heavy atom. The van der Waals surface area contributed by atoms with Crippen LogP contribution in [0.3, 0.4) is 0 Å². The highest BCUT2D eigenvalue weighted by atomic mass is 35.5. The third-order valence-electron chi connectivity index (χ3n) is 1.77. The molecule has 0 aliphatic carbocycles. The van der Waals surface area contributed by atoms with Crippen LogP contribution in [0, 0.1) is 6.92 Å². The molecule has 0 heterocycles. The number of rotatable bonds is 2. The largest absolute Gasteiger partial charge is 0.506 e. The van der Waals surface area contributed by atoms with Crippen molar-refractivity contribution in [1.29, 1.82) is 0 Å². The van der Waals surface area contributed by atoms with Gasteiger partial charge < -0.3 is 10.4 Å². The average molecular weight is 214 g/mol. The van der Waals surface area contributed by atoms with E-state index >= 15 is 0 Å². The standard InChI is InChI=1S/C10H12ClNO2/c1-6-3-4-8(9(13)5-6)12-10(14)7(2)11/h3-5,7,13H,1-2H3,(H,12,14). The van der Waals surface area contributed by atoms with E-state index in [1.807, 2.05) is 6.92 Å². The molecule has 0 spiro atoms. The second-order valence-electron chi connectivity index (χ2n) is 3.13. The Kier molecular flexibility index (Phi) is 3.36. The van der Waals surface area contributed by atoms with Gasteiger partial charge in [-0.2, -0.15) is 0 Å². The molecule has 76 valence electrons. The molecule has 14 heavy (non-hydrogen) atoms. The molecule has 1 unspecified atom stereocenters. The van der Waals surface area contributed by atoms with Crippen molar-refractivity contribution < 1.29 is 9.90 Å². The lowest BCUT2D eigenvalue weighted by molar-refractivity contribution is -0.115. The number of amides is 1. The molecule has 1 aromatic carbocycles. The zero-order valence-electron chi connectivity index (χ0n) is 8.04. The van der Waals surface area contributed by atoms with Gasteiger partial charge in [-0.1, -0.05) is 6.07 Å². The second kappa shape index (κ2) is 4.33. The maximum absolute atomic E-state index is 11.2. The highest BCUT2D eigenvalue weighted by Crippen LogP contribution is 2.24. The average Bonchev–Trinajstić information content (AvgIpc) is 2.09. The van der Waals surface area contributed by atoms with Crippen LogP contribution in [0.2, 0.25) is 0 Å². The van der Waals surface area contributed by atoms with Crippen LogP contribution in [0.25, 0.3) is 0 Å². The third kappa shape index (κ3) is 2.64. The molecule has 0 aromatic heterocycles. The van der Waals surface area contributed by atoms with E-state index in [0.29, 0.717) is 5.69 Å². The Labute approximate surface area is 87.7 Å². The molecule has 3 nitrogen and oxygen atoms in total. The fourth-order valence-corrected chi connectivity index (χ4v) is 1.03. The summed E-state index contributed by atoms with van der Waals surface area (Å²) in [6, 6.07) is 5.02. The Bertz CT molecular complexity index is 350. The maximum Gasteiger partial charge on any atom is 0.242 e. The summed E-state index contributed by atoms with van der Waals surface area (Å²) in [5.74, 6) is -0.276. The summed E-state index contributed by atoms with van der Waals surface area (Å²) < 4.78 is 0. The first-order chi connectivity index (χ1) is 6.50. The summed E-state index contributed by atoms with van der Waals surface area (Å²) in [6.45, 7) is 3.43. The molecule has 1 rings (SSSR count). The maximum atomic E-state index is 11.2. The van der Waals surface area contributed by atoms with Crippen molar-refractivity contribution in [3.05, 3.63) is 23.8 Å². The molecular weight excluding hydrogens is 202 g/mol. The van der Waals surface area contributed by atoms with E-state index in [2.05, 4.69) is 5.32 Å². The zero-order chi connectivity index (χ0) is 10.7. The van der Waals surface area contributed by atoms with Crippen LogP contribution in [0.15, 0.2) is 18.2 Å². The van der Waals surface area contributed by atoms with E-state index in [1.54, 1.807) is 25.1 Å². The Balaban J connectivity index is 2.82. The molecule has 1 atom stereocenters. The fourth-order valence-electron chi connectivity index (χ4n) is 0.980. The normalized spacial score (nSPS) is 12.2. The van der Waals surface area contributed by atoms with E-state index in [1.165, 1.54) is 0 Å². The molecule has 1 amide bonds. The Morgan fingerprint density at radius 3 is 2.71 bits per heavy atom. The van der Waals surface area contributed by atoms with Gasteiger partial charge in [-0.15, -0.1) is 11.6 Å². The van der Waals surface area contributed by atoms with Crippen molar-refractivity contribution in [1.82, 2.24) is 0 Å². The van der Waals surface area contributed by atoms with Gasteiger partial charge in [0, 0.05) is 0 Å². The van der Waals surface area contributed by atoms with Gasteiger partial charge >= 0.3 is 0 Å². The van der Waals surface area contributed by atoms with Crippen LogP contribution in [0.4, 0.5) is 5.69 Å². The van der Waals surface area contributed by atoms with Gasteiger partial charge in [-0.3, -0.25) is 4.79 Å². The Morgan fingerprint density at radius 1 is 1.57 bits per heavy atom. The summed E-state index contributed by atoms with van der Waals surface area (Å²) in [4.78, 5) is 11.2. The van der Waals surface area contributed by atoms with Crippen LogP contribution in [-0.2, 0) is 4.79 Å². The molecule has 4 heteroatoms. The van der Waals surface area contributed by atoms with Crippen molar-refractivity contribution in [3.8, 4) is 5.75 Å². The van der Waals surface area contributed by atoms with Gasteiger partial charge in [-0.05, 0) is 31.5 Å². The van der Waals surface area contributed by atoms with Crippen LogP contribution >= 0.6 is 11.6 Å². The quantitative estimate of drug-likeness (QED) is 0.585. The fraction of sp³-hybridized carbons (Fsp3) is 0.300. The van der Waals surface area contributed by atoms with Crippen LogP contribution < -0.4 is 5.32 Å². The molecule has 0 saturated heterocycles. The van der Waals surface area contributed by atoms with Gasteiger partial charge in [0.05, 0.1) is 5.69 Å². The third-order valence-corrected chi connectivity index (χ3v) is 1.97. The summed E-state index contributed by atoms with van der Waals surface area (Å²) in [7, 11) is 0. The van der Waals surface area contributed by atoms with E-state index < -0.39 is 5.38 Å². The number of benzene rings is 1. The van der Waals surface area contributed by atoms with Gasteiger partial charge in [0.15, 0.2) is 0 Å². The van der Waals surface area contributed by atoms with E-state index in [9.17, 15) is 9.90 Å². The smallest absolute Gasteiger partial charge is 0.242 e. The van der Waals surface area contributed by atoms with E-state index in [-0.39, 0.29) is 11.7 Å². The first-order valence-corrected chi connectivity index (χ1v) is 4.69. The first kappa shape index (κ1) is 10.9. The number of anilines is 1. The SMILES string of the molecule is Cc1ccc(NC(=O)C(C)Cl)c(O)c1.